The van der Waals surface area contributed by atoms with Crippen LogP contribution in [-0.4, -0.2) is 37.7 Å². The molecule has 9 heteroatoms. The maximum atomic E-state index is 13.8. The minimum Gasteiger partial charge on any atom is -0.294 e. The van der Waals surface area contributed by atoms with Crippen LogP contribution in [0.25, 0.3) is 0 Å². The second-order valence-corrected chi connectivity index (χ2v) is 5.17. The number of hydrogen-bond donors (Lipinski definition) is 1. The Bertz CT molecular complexity index is 493. The van der Waals surface area contributed by atoms with E-state index in [-0.39, 0.29) is 10.6 Å². The Hall–Kier alpha value is -1.48. The fourth-order valence-electron chi connectivity index (χ4n) is 1.33. The number of nitrogens with one attached hydrogen (secondary N) is 1. The van der Waals surface area contributed by atoms with Gasteiger partial charge in [-0.1, -0.05) is 0 Å². The molecule has 1 rings (SSSR count). The third-order valence-corrected chi connectivity index (χ3v) is 2.86. The van der Waals surface area contributed by atoms with Crippen LogP contribution in [0.2, 0.25) is 0 Å². The lowest BCUT2D eigenvalue weighted by Crippen LogP contribution is -2.44. The van der Waals surface area contributed by atoms with Crippen molar-refractivity contribution in [1.29, 1.82) is 0 Å². The average Bonchev–Trinajstić information content (AvgIpc) is 2.25. The van der Waals surface area contributed by atoms with Crippen LogP contribution < -0.4 is 10.3 Å². The summed E-state index contributed by atoms with van der Waals surface area (Å²) in [6.07, 6.45) is 0. The van der Waals surface area contributed by atoms with E-state index in [4.69, 9.17) is 0 Å². The van der Waals surface area contributed by atoms with Gasteiger partial charge in [0.1, 0.15) is 5.82 Å². The molecule has 0 aliphatic carbocycles. The number of hydrogen-bond acceptors (Lipinski definition) is 3. The number of carbonyl (C=O) groups excluding carboxylic acids is 1. The maximum Gasteiger partial charge on any atom is 0.446 e. The monoisotopic (exact) mass is 311 g/mol. The molecular formula is C11H13F4N3OS. The molecule has 1 aromatic rings. The first-order chi connectivity index (χ1) is 9.10. The van der Waals surface area contributed by atoms with Crippen LogP contribution in [-0.2, 0) is 0 Å². The number of alkyl halides is 3. The number of hydrazine groups is 1. The molecular weight excluding hydrogens is 298 g/mol. The molecule has 0 aromatic heterocycles. The summed E-state index contributed by atoms with van der Waals surface area (Å²) in [5.41, 5.74) is -2.21. The Morgan fingerprint density at radius 2 is 1.85 bits per heavy atom. The van der Waals surface area contributed by atoms with Crippen molar-refractivity contribution in [2.24, 2.45) is 0 Å². The van der Waals surface area contributed by atoms with Crippen molar-refractivity contribution in [3.05, 3.63) is 24.0 Å². The van der Waals surface area contributed by atoms with Crippen molar-refractivity contribution in [1.82, 2.24) is 10.4 Å². The quantitative estimate of drug-likeness (QED) is 0.529. The van der Waals surface area contributed by atoms with Crippen LogP contribution in [0.4, 0.5) is 28.0 Å². The Morgan fingerprint density at radius 1 is 1.25 bits per heavy atom. The van der Waals surface area contributed by atoms with Gasteiger partial charge in [-0.3, -0.25) is 10.3 Å². The zero-order valence-corrected chi connectivity index (χ0v) is 11.8. The van der Waals surface area contributed by atoms with Crippen LogP contribution in [0, 0.1) is 5.82 Å². The molecule has 0 heterocycles. The van der Waals surface area contributed by atoms with Gasteiger partial charge in [-0.05, 0) is 30.0 Å². The number of nitrogens with zero attached hydrogens (tertiary/aromatic N) is 2. The van der Waals surface area contributed by atoms with E-state index in [1.54, 1.807) is 14.1 Å². The van der Waals surface area contributed by atoms with E-state index in [0.717, 1.165) is 23.1 Å². The van der Waals surface area contributed by atoms with E-state index in [1.165, 1.54) is 12.1 Å². The molecule has 0 saturated heterocycles. The molecule has 0 atom stereocenters. The van der Waals surface area contributed by atoms with Crippen molar-refractivity contribution in [2.75, 3.05) is 26.0 Å². The topological polar surface area (TPSA) is 35.6 Å². The molecule has 112 valence electrons. The van der Waals surface area contributed by atoms with Crippen molar-refractivity contribution >= 4 is 23.5 Å². The number of amides is 2. The van der Waals surface area contributed by atoms with E-state index >= 15 is 0 Å². The Morgan fingerprint density at radius 3 is 2.30 bits per heavy atom. The van der Waals surface area contributed by atoms with Crippen molar-refractivity contribution < 1.29 is 22.4 Å². The SMILES string of the molecule is CN(C)NC(=O)N(C)c1ccc(SC(F)(F)F)cc1F. The van der Waals surface area contributed by atoms with E-state index in [2.05, 4.69) is 5.43 Å². The van der Waals surface area contributed by atoms with E-state index < -0.39 is 29.1 Å². The van der Waals surface area contributed by atoms with E-state index in [9.17, 15) is 22.4 Å². The summed E-state index contributed by atoms with van der Waals surface area (Å²) in [6, 6.07) is 2.37. The Balaban J connectivity index is 2.90. The van der Waals surface area contributed by atoms with Gasteiger partial charge in [0, 0.05) is 26.0 Å². The number of anilines is 1. The minimum atomic E-state index is -4.48. The van der Waals surface area contributed by atoms with E-state index in [1.807, 2.05) is 0 Å². The highest BCUT2D eigenvalue weighted by Gasteiger charge is 2.29. The normalized spacial score (nSPS) is 11.6. The van der Waals surface area contributed by atoms with Gasteiger partial charge < -0.3 is 0 Å². The highest BCUT2D eigenvalue weighted by molar-refractivity contribution is 8.00. The summed E-state index contributed by atoms with van der Waals surface area (Å²) in [4.78, 5) is 12.3. The number of urea groups is 1. The molecule has 0 unspecified atom stereocenters. The summed E-state index contributed by atoms with van der Waals surface area (Å²) in [6.45, 7) is 0. The molecule has 0 aliphatic heterocycles. The number of halogens is 4. The van der Waals surface area contributed by atoms with Crippen LogP contribution >= 0.6 is 11.8 Å². The fraction of sp³-hybridized carbons (Fsp3) is 0.364. The first-order valence-corrected chi connectivity index (χ1v) is 6.19. The predicted molar refractivity (Wildman–Crippen MR) is 68.9 cm³/mol. The van der Waals surface area contributed by atoms with Crippen molar-refractivity contribution in [3.63, 3.8) is 0 Å². The first kappa shape index (κ1) is 16.6. The zero-order valence-electron chi connectivity index (χ0n) is 11.0. The van der Waals surface area contributed by atoms with Crippen LogP contribution in [0.15, 0.2) is 23.1 Å². The zero-order chi connectivity index (χ0) is 15.5. The van der Waals surface area contributed by atoms with Gasteiger partial charge in [0.25, 0.3) is 0 Å². The third-order valence-electron chi connectivity index (χ3n) is 2.14. The molecule has 0 fully saturated rings. The second kappa shape index (κ2) is 6.31. The maximum absolute atomic E-state index is 13.8. The molecule has 0 spiro atoms. The summed E-state index contributed by atoms with van der Waals surface area (Å²) < 4.78 is 50.3. The second-order valence-electron chi connectivity index (χ2n) is 4.03. The highest BCUT2D eigenvalue weighted by Crippen LogP contribution is 2.38. The van der Waals surface area contributed by atoms with Gasteiger partial charge in [0.05, 0.1) is 5.69 Å². The number of carbonyl (C=O) groups is 1. The Kier molecular flexibility index (Phi) is 5.23. The number of benzene rings is 1. The largest absolute Gasteiger partial charge is 0.446 e. The minimum absolute atomic E-state index is 0.115. The fourth-order valence-corrected chi connectivity index (χ4v) is 1.90. The lowest BCUT2D eigenvalue weighted by Gasteiger charge is -2.21. The predicted octanol–water partition coefficient (Wildman–Crippen LogP) is 3.06. The lowest BCUT2D eigenvalue weighted by molar-refractivity contribution is -0.0328. The van der Waals surface area contributed by atoms with Crippen LogP contribution in [0.1, 0.15) is 0 Å². The molecule has 2 amide bonds. The Labute approximate surface area is 117 Å². The van der Waals surface area contributed by atoms with Crippen LogP contribution in [0.3, 0.4) is 0 Å². The average molecular weight is 311 g/mol. The van der Waals surface area contributed by atoms with Crippen molar-refractivity contribution in [3.8, 4) is 0 Å². The van der Waals surface area contributed by atoms with Gasteiger partial charge in [0.2, 0.25) is 0 Å². The van der Waals surface area contributed by atoms with Crippen LogP contribution in [0.5, 0.6) is 0 Å². The van der Waals surface area contributed by atoms with Gasteiger partial charge in [0.15, 0.2) is 0 Å². The van der Waals surface area contributed by atoms with Crippen molar-refractivity contribution in [2.45, 2.75) is 10.4 Å². The molecule has 0 radical (unpaired) electrons. The summed E-state index contributed by atoms with van der Waals surface area (Å²) >= 11 is -0.413. The first-order valence-electron chi connectivity index (χ1n) is 5.37. The van der Waals surface area contributed by atoms with Gasteiger partial charge >= 0.3 is 11.5 Å². The third kappa shape index (κ3) is 4.89. The summed E-state index contributed by atoms with van der Waals surface area (Å²) in [5.74, 6) is -0.907. The molecule has 20 heavy (non-hydrogen) atoms. The smallest absolute Gasteiger partial charge is 0.294 e. The molecule has 0 bridgehead atoms. The van der Waals surface area contributed by atoms with Gasteiger partial charge in [-0.2, -0.15) is 13.2 Å². The standard InChI is InChI=1S/C11H13F4N3OS/c1-17(2)16-10(19)18(3)9-5-4-7(6-8(9)12)20-11(13,14)15/h4-6H,1-3H3,(H,16,19). The molecule has 0 saturated carbocycles. The number of thioether (sulfide) groups is 1. The van der Waals surface area contributed by atoms with Gasteiger partial charge in [-0.25, -0.2) is 14.2 Å². The lowest BCUT2D eigenvalue weighted by atomic mass is 10.3. The van der Waals surface area contributed by atoms with E-state index in [0.29, 0.717) is 0 Å². The summed E-state index contributed by atoms with van der Waals surface area (Å²) in [5, 5.41) is 1.37. The summed E-state index contributed by atoms with van der Waals surface area (Å²) in [7, 11) is 4.46. The molecule has 1 aromatic carbocycles. The molecule has 0 aliphatic rings. The number of rotatable bonds is 3. The highest BCUT2D eigenvalue weighted by atomic mass is 32.2. The van der Waals surface area contributed by atoms with Gasteiger partial charge in [-0.15, -0.1) is 0 Å². The molecule has 4 nitrogen and oxygen atoms in total. The molecule has 1 N–H and O–H groups in total.